The van der Waals surface area contributed by atoms with Crippen LogP contribution >= 0.6 is 0 Å². The van der Waals surface area contributed by atoms with Gasteiger partial charge in [0, 0.05) is 30.9 Å². The van der Waals surface area contributed by atoms with Crippen LogP contribution in [0.25, 0.3) is 0 Å². The number of aryl methyl sites for hydroxylation is 1. The van der Waals surface area contributed by atoms with E-state index in [-0.39, 0.29) is 10.8 Å². The van der Waals surface area contributed by atoms with Gasteiger partial charge in [0.2, 0.25) is 15.9 Å². The van der Waals surface area contributed by atoms with E-state index in [9.17, 15) is 13.2 Å². The van der Waals surface area contributed by atoms with E-state index in [0.717, 1.165) is 30.8 Å². The molecule has 8 heteroatoms. The van der Waals surface area contributed by atoms with Crippen molar-refractivity contribution in [1.82, 2.24) is 9.80 Å². The van der Waals surface area contributed by atoms with E-state index in [1.54, 1.807) is 6.92 Å². The van der Waals surface area contributed by atoms with E-state index >= 15 is 0 Å². The molecule has 26 heavy (non-hydrogen) atoms. The lowest BCUT2D eigenvalue weighted by Crippen LogP contribution is -2.56. The Morgan fingerprint density at radius 3 is 2.73 bits per heavy atom. The molecule has 0 aromatic heterocycles. The molecule has 2 aliphatic rings. The number of rotatable bonds is 4. The first kappa shape index (κ1) is 19.3. The number of benzene rings is 1. The average Bonchev–Trinajstić information content (AvgIpc) is 2.98. The molecule has 2 saturated heterocycles. The molecule has 3 N–H and O–H groups in total. The first-order valence-corrected chi connectivity index (χ1v) is 10.6. The number of fused-ring (bicyclic) bond motifs is 1. The van der Waals surface area contributed by atoms with E-state index in [2.05, 4.69) is 22.0 Å². The Labute approximate surface area is 155 Å². The maximum Gasteiger partial charge on any atom is 0.238 e. The number of sulfonamides is 1. The van der Waals surface area contributed by atoms with Crippen molar-refractivity contribution in [1.29, 1.82) is 0 Å². The van der Waals surface area contributed by atoms with Crippen molar-refractivity contribution in [3.63, 3.8) is 0 Å². The fourth-order valence-corrected chi connectivity index (χ4v) is 4.59. The van der Waals surface area contributed by atoms with Crippen LogP contribution < -0.4 is 10.5 Å². The molecule has 0 bridgehead atoms. The quantitative estimate of drug-likeness (QED) is 0.814. The molecule has 3 rings (SSSR count). The first-order chi connectivity index (χ1) is 12.1. The number of amides is 1. The van der Waals surface area contributed by atoms with Gasteiger partial charge in [0.25, 0.3) is 0 Å². The highest BCUT2D eigenvalue weighted by atomic mass is 32.2. The SMILES string of the molecule is Cc1cc(S(N)(=O)=O)cc(NC(=O)CN2C[C@@H]3CCCN3C[C@@H]2C)c1C. The van der Waals surface area contributed by atoms with Crippen molar-refractivity contribution < 1.29 is 13.2 Å². The summed E-state index contributed by atoms with van der Waals surface area (Å²) in [5, 5.41) is 8.12. The predicted molar refractivity (Wildman–Crippen MR) is 102 cm³/mol. The van der Waals surface area contributed by atoms with Crippen molar-refractivity contribution in [2.45, 2.75) is 50.6 Å². The minimum absolute atomic E-state index is 0.0174. The van der Waals surface area contributed by atoms with E-state index in [1.807, 2.05) is 6.92 Å². The van der Waals surface area contributed by atoms with Gasteiger partial charge in [-0.1, -0.05) is 0 Å². The van der Waals surface area contributed by atoms with Gasteiger partial charge in [0.15, 0.2) is 0 Å². The zero-order chi connectivity index (χ0) is 19.1. The second-order valence-electron chi connectivity index (χ2n) is 7.58. The minimum atomic E-state index is -3.81. The highest BCUT2D eigenvalue weighted by molar-refractivity contribution is 7.89. The van der Waals surface area contributed by atoms with Gasteiger partial charge in [-0.3, -0.25) is 14.6 Å². The van der Waals surface area contributed by atoms with Crippen molar-refractivity contribution in [3.05, 3.63) is 23.3 Å². The molecule has 1 amide bonds. The van der Waals surface area contributed by atoms with Crippen molar-refractivity contribution in [2.24, 2.45) is 5.14 Å². The Kier molecular flexibility index (Phi) is 5.39. The number of piperazine rings is 1. The second-order valence-corrected chi connectivity index (χ2v) is 9.14. The zero-order valence-corrected chi connectivity index (χ0v) is 16.5. The Hall–Kier alpha value is -1.48. The highest BCUT2D eigenvalue weighted by Gasteiger charge is 2.34. The summed E-state index contributed by atoms with van der Waals surface area (Å²) in [5.74, 6) is -0.127. The van der Waals surface area contributed by atoms with Crippen molar-refractivity contribution in [2.75, 3.05) is 31.5 Å². The maximum atomic E-state index is 12.6. The molecule has 2 heterocycles. The number of anilines is 1. The van der Waals surface area contributed by atoms with Crippen LogP contribution in [0.3, 0.4) is 0 Å². The number of primary sulfonamides is 1. The molecule has 1 aromatic rings. The summed E-state index contributed by atoms with van der Waals surface area (Å²) >= 11 is 0. The maximum absolute atomic E-state index is 12.6. The summed E-state index contributed by atoms with van der Waals surface area (Å²) in [7, 11) is -3.81. The third kappa shape index (κ3) is 4.09. The van der Waals surface area contributed by atoms with Crippen LogP contribution in [0.2, 0.25) is 0 Å². The van der Waals surface area contributed by atoms with E-state index in [0.29, 0.717) is 24.3 Å². The van der Waals surface area contributed by atoms with Crippen LogP contribution in [0, 0.1) is 13.8 Å². The van der Waals surface area contributed by atoms with Gasteiger partial charge in [0.1, 0.15) is 0 Å². The van der Waals surface area contributed by atoms with Gasteiger partial charge < -0.3 is 5.32 Å². The van der Waals surface area contributed by atoms with Crippen LogP contribution in [0.15, 0.2) is 17.0 Å². The molecular formula is C18H28N4O3S. The Morgan fingerprint density at radius 1 is 1.31 bits per heavy atom. The molecular weight excluding hydrogens is 352 g/mol. The summed E-state index contributed by atoms with van der Waals surface area (Å²) in [6.45, 7) is 9.19. The minimum Gasteiger partial charge on any atom is -0.325 e. The lowest BCUT2D eigenvalue weighted by atomic mass is 10.1. The van der Waals surface area contributed by atoms with Crippen LogP contribution in [0.1, 0.15) is 30.9 Å². The summed E-state index contributed by atoms with van der Waals surface area (Å²) in [4.78, 5) is 17.3. The molecule has 0 aliphatic carbocycles. The number of carbonyl (C=O) groups is 1. The number of hydrogen-bond donors (Lipinski definition) is 2. The smallest absolute Gasteiger partial charge is 0.238 e. The third-order valence-corrected chi connectivity index (χ3v) is 6.55. The van der Waals surface area contributed by atoms with Crippen LogP contribution in [-0.4, -0.2) is 62.4 Å². The largest absolute Gasteiger partial charge is 0.325 e. The Bertz CT molecular complexity index is 809. The lowest BCUT2D eigenvalue weighted by molar-refractivity contribution is -0.118. The fourth-order valence-electron chi connectivity index (χ4n) is 3.96. The fraction of sp³-hybridized carbons (Fsp3) is 0.611. The molecule has 0 spiro atoms. The molecule has 144 valence electrons. The number of nitrogens with one attached hydrogen (secondary N) is 1. The topological polar surface area (TPSA) is 95.7 Å². The molecule has 2 aliphatic heterocycles. The molecule has 0 radical (unpaired) electrons. The molecule has 2 fully saturated rings. The van der Waals surface area contributed by atoms with Gasteiger partial charge in [-0.05, 0) is 63.4 Å². The van der Waals surface area contributed by atoms with Gasteiger partial charge >= 0.3 is 0 Å². The van der Waals surface area contributed by atoms with Crippen LogP contribution in [0.4, 0.5) is 5.69 Å². The van der Waals surface area contributed by atoms with E-state index in [1.165, 1.54) is 25.0 Å². The van der Waals surface area contributed by atoms with Crippen molar-refractivity contribution in [3.8, 4) is 0 Å². The lowest BCUT2D eigenvalue weighted by Gasteiger charge is -2.41. The van der Waals surface area contributed by atoms with Crippen LogP contribution in [0.5, 0.6) is 0 Å². The Balaban J connectivity index is 1.71. The summed E-state index contributed by atoms with van der Waals surface area (Å²) in [5.41, 5.74) is 2.13. The number of nitrogens with two attached hydrogens (primary N) is 1. The Morgan fingerprint density at radius 2 is 2.04 bits per heavy atom. The first-order valence-electron chi connectivity index (χ1n) is 9.07. The monoisotopic (exact) mass is 380 g/mol. The normalized spacial score (nSPS) is 24.5. The van der Waals surface area contributed by atoms with Crippen molar-refractivity contribution >= 4 is 21.6 Å². The van der Waals surface area contributed by atoms with Gasteiger partial charge in [-0.25, -0.2) is 13.6 Å². The molecule has 2 atom stereocenters. The summed E-state index contributed by atoms with van der Waals surface area (Å²) in [6, 6.07) is 3.85. The summed E-state index contributed by atoms with van der Waals surface area (Å²) < 4.78 is 23.3. The number of carbonyl (C=O) groups excluding carboxylic acids is 1. The van der Waals surface area contributed by atoms with Gasteiger partial charge in [-0.15, -0.1) is 0 Å². The van der Waals surface area contributed by atoms with Gasteiger partial charge in [-0.2, -0.15) is 0 Å². The van der Waals surface area contributed by atoms with Gasteiger partial charge in [0.05, 0.1) is 11.4 Å². The molecule has 1 aromatic carbocycles. The van der Waals surface area contributed by atoms with E-state index in [4.69, 9.17) is 5.14 Å². The second kappa shape index (κ2) is 7.26. The predicted octanol–water partition coefficient (Wildman–Crippen LogP) is 1.06. The highest BCUT2D eigenvalue weighted by Crippen LogP contribution is 2.26. The number of nitrogens with zero attached hydrogens (tertiary/aromatic N) is 2. The van der Waals surface area contributed by atoms with E-state index < -0.39 is 10.0 Å². The van der Waals surface area contributed by atoms with Crippen LogP contribution in [-0.2, 0) is 14.8 Å². The third-order valence-electron chi connectivity index (χ3n) is 5.66. The molecule has 0 unspecified atom stereocenters. The average molecular weight is 381 g/mol. The summed E-state index contributed by atoms with van der Waals surface area (Å²) in [6.07, 6.45) is 2.43. The number of hydrogen-bond acceptors (Lipinski definition) is 5. The zero-order valence-electron chi connectivity index (χ0n) is 15.7. The molecule has 7 nitrogen and oxygen atoms in total. The standard InChI is InChI=1S/C18H28N4O3S/c1-12-7-16(26(19,24)25)8-17(14(12)3)20-18(23)11-22-10-15-5-4-6-21(15)9-13(22)2/h7-8,13,15H,4-6,9-11H2,1-3H3,(H,20,23)(H2,19,24,25)/t13-,15-/m0/s1. The molecule has 0 saturated carbocycles.